The fourth-order valence-electron chi connectivity index (χ4n) is 2.55. The highest BCUT2D eigenvalue weighted by Gasteiger charge is 2.24. The monoisotopic (exact) mass is 310 g/mol. The number of carbonyl (C=O) groups excluding carboxylic acids is 1. The zero-order valence-corrected chi connectivity index (χ0v) is 13.7. The summed E-state index contributed by atoms with van der Waals surface area (Å²) in [4.78, 5) is 14.6. The third kappa shape index (κ3) is 3.69. The predicted octanol–water partition coefficient (Wildman–Crippen LogP) is 2.91. The number of hydrogen-bond acceptors (Lipinski definition) is 3. The molecule has 1 saturated heterocycles. The minimum Gasteiger partial charge on any atom is -0.493 e. The number of ether oxygens (including phenoxy) is 1. The van der Waals surface area contributed by atoms with Crippen molar-refractivity contribution >= 4 is 17.5 Å². The lowest BCUT2D eigenvalue weighted by Gasteiger charge is -2.28. The van der Waals surface area contributed by atoms with Crippen molar-refractivity contribution in [3.05, 3.63) is 28.3 Å². The van der Waals surface area contributed by atoms with Gasteiger partial charge >= 0.3 is 0 Å². The van der Waals surface area contributed by atoms with E-state index in [1.165, 1.54) is 0 Å². The van der Waals surface area contributed by atoms with Gasteiger partial charge in [-0.3, -0.25) is 4.79 Å². The van der Waals surface area contributed by atoms with E-state index in [1.54, 1.807) is 6.07 Å². The number of halogens is 1. The van der Waals surface area contributed by atoms with E-state index in [1.807, 2.05) is 17.9 Å². The third-order valence-electron chi connectivity index (χ3n) is 3.63. The molecule has 5 heteroatoms. The molecule has 1 aliphatic rings. The second-order valence-electron chi connectivity index (χ2n) is 5.50. The van der Waals surface area contributed by atoms with Crippen LogP contribution in [-0.4, -0.2) is 43.6 Å². The van der Waals surface area contributed by atoms with Crippen molar-refractivity contribution < 1.29 is 9.53 Å². The van der Waals surface area contributed by atoms with Crippen LogP contribution in [0.4, 0.5) is 0 Å². The maximum Gasteiger partial charge on any atom is 0.257 e. The van der Waals surface area contributed by atoms with Crippen LogP contribution in [-0.2, 0) is 0 Å². The zero-order valence-electron chi connectivity index (χ0n) is 12.9. The molecule has 0 aliphatic carbocycles. The van der Waals surface area contributed by atoms with Crippen molar-refractivity contribution in [2.75, 3.05) is 32.8 Å². The van der Waals surface area contributed by atoms with Gasteiger partial charge in [0.25, 0.3) is 5.91 Å². The Morgan fingerprint density at radius 1 is 1.38 bits per heavy atom. The van der Waals surface area contributed by atoms with Crippen molar-refractivity contribution in [1.82, 2.24) is 10.2 Å². The summed E-state index contributed by atoms with van der Waals surface area (Å²) >= 11 is 6.21. The lowest BCUT2D eigenvalue weighted by Crippen LogP contribution is -2.46. The average molecular weight is 311 g/mol. The largest absolute Gasteiger partial charge is 0.493 e. The molecular weight excluding hydrogens is 288 g/mol. The van der Waals surface area contributed by atoms with Gasteiger partial charge < -0.3 is 15.0 Å². The van der Waals surface area contributed by atoms with Crippen LogP contribution in [0.15, 0.2) is 12.1 Å². The summed E-state index contributed by atoms with van der Waals surface area (Å²) in [6.45, 7) is 9.70. The fourth-order valence-corrected chi connectivity index (χ4v) is 2.77. The summed E-state index contributed by atoms with van der Waals surface area (Å²) in [5.41, 5.74) is 1.57. The number of hydrogen-bond donors (Lipinski definition) is 1. The molecule has 116 valence electrons. The summed E-state index contributed by atoms with van der Waals surface area (Å²) < 4.78 is 5.77. The van der Waals surface area contributed by atoms with Gasteiger partial charge in [0.15, 0.2) is 0 Å². The van der Waals surface area contributed by atoms with Crippen molar-refractivity contribution in [3.63, 3.8) is 0 Å². The Morgan fingerprint density at radius 2 is 2.05 bits per heavy atom. The molecule has 2 rings (SSSR count). The molecule has 0 radical (unpaired) electrons. The van der Waals surface area contributed by atoms with E-state index in [0.717, 1.165) is 18.7 Å². The molecule has 1 amide bonds. The van der Waals surface area contributed by atoms with Crippen LogP contribution in [0.3, 0.4) is 0 Å². The van der Waals surface area contributed by atoms with E-state index in [-0.39, 0.29) is 11.8 Å². The Morgan fingerprint density at radius 3 is 2.62 bits per heavy atom. The number of rotatable bonds is 4. The van der Waals surface area contributed by atoms with Gasteiger partial charge in [-0.15, -0.1) is 0 Å². The molecule has 21 heavy (non-hydrogen) atoms. The smallest absolute Gasteiger partial charge is 0.257 e. The lowest BCUT2D eigenvalue weighted by atomic mass is 9.98. The number of nitrogens with one attached hydrogen (secondary N) is 1. The highest BCUT2D eigenvalue weighted by molar-refractivity contribution is 6.31. The summed E-state index contributed by atoms with van der Waals surface area (Å²) in [6.07, 6.45) is 0. The van der Waals surface area contributed by atoms with Crippen molar-refractivity contribution in [1.29, 1.82) is 0 Å². The maximum absolute atomic E-state index is 12.8. The van der Waals surface area contributed by atoms with Crippen LogP contribution in [0.5, 0.6) is 5.75 Å². The quantitative estimate of drug-likeness (QED) is 0.929. The highest BCUT2D eigenvalue weighted by Crippen LogP contribution is 2.34. The van der Waals surface area contributed by atoms with Gasteiger partial charge in [0.1, 0.15) is 5.75 Å². The number of nitrogens with zero attached hydrogens (tertiary/aromatic N) is 1. The standard InChI is InChI=1S/C16H23ClN2O2/c1-4-21-15-13(11(2)3)9-12(17)10-14(15)16(20)19-7-5-18-6-8-19/h9-11,18H,4-8H2,1-3H3. The molecule has 0 saturated carbocycles. The topological polar surface area (TPSA) is 41.6 Å². The SMILES string of the molecule is CCOc1c(C(=O)N2CCNCC2)cc(Cl)cc1C(C)C. The van der Waals surface area contributed by atoms with Crippen LogP contribution < -0.4 is 10.1 Å². The Hall–Kier alpha value is -1.26. The molecule has 0 bridgehead atoms. The van der Waals surface area contributed by atoms with Crippen LogP contribution >= 0.6 is 11.6 Å². The first-order chi connectivity index (χ1) is 10.0. The van der Waals surface area contributed by atoms with E-state index in [0.29, 0.717) is 36.0 Å². The maximum atomic E-state index is 12.8. The van der Waals surface area contributed by atoms with Crippen LogP contribution in [0.25, 0.3) is 0 Å². The normalized spacial score (nSPS) is 15.4. The van der Waals surface area contributed by atoms with Crippen LogP contribution in [0.1, 0.15) is 42.6 Å². The summed E-state index contributed by atoms with van der Waals surface area (Å²) in [6, 6.07) is 3.62. The zero-order chi connectivity index (χ0) is 15.4. The van der Waals surface area contributed by atoms with E-state index in [2.05, 4.69) is 19.2 Å². The number of carbonyl (C=O) groups is 1. The van der Waals surface area contributed by atoms with Crippen molar-refractivity contribution in [2.45, 2.75) is 26.7 Å². The number of piperazine rings is 1. The molecule has 0 spiro atoms. The molecule has 1 N–H and O–H groups in total. The first kappa shape index (κ1) is 16.1. The Bertz CT molecular complexity index is 511. The first-order valence-electron chi connectivity index (χ1n) is 7.50. The molecule has 0 aromatic heterocycles. The van der Waals surface area contributed by atoms with Gasteiger partial charge in [-0.1, -0.05) is 25.4 Å². The van der Waals surface area contributed by atoms with Gasteiger partial charge in [0.05, 0.1) is 12.2 Å². The van der Waals surface area contributed by atoms with E-state index in [9.17, 15) is 4.79 Å². The molecule has 1 heterocycles. The minimum atomic E-state index is 0.00403. The van der Waals surface area contributed by atoms with E-state index in [4.69, 9.17) is 16.3 Å². The first-order valence-corrected chi connectivity index (χ1v) is 7.88. The molecular formula is C16H23ClN2O2. The van der Waals surface area contributed by atoms with Gasteiger partial charge in [-0.25, -0.2) is 0 Å². The number of amides is 1. The lowest BCUT2D eigenvalue weighted by molar-refractivity contribution is 0.0731. The molecule has 0 unspecified atom stereocenters. The molecule has 1 aromatic carbocycles. The van der Waals surface area contributed by atoms with Crippen molar-refractivity contribution in [2.24, 2.45) is 0 Å². The van der Waals surface area contributed by atoms with E-state index < -0.39 is 0 Å². The Balaban J connectivity index is 2.42. The molecule has 4 nitrogen and oxygen atoms in total. The molecule has 1 aliphatic heterocycles. The van der Waals surface area contributed by atoms with Crippen molar-refractivity contribution in [3.8, 4) is 5.75 Å². The Labute approximate surface area is 131 Å². The second kappa shape index (κ2) is 7.14. The summed E-state index contributed by atoms with van der Waals surface area (Å²) in [5.74, 6) is 0.935. The minimum absolute atomic E-state index is 0.00403. The summed E-state index contributed by atoms with van der Waals surface area (Å²) in [7, 11) is 0. The average Bonchev–Trinajstić information content (AvgIpc) is 2.48. The van der Waals surface area contributed by atoms with E-state index >= 15 is 0 Å². The fraction of sp³-hybridized carbons (Fsp3) is 0.562. The molecule has 1 fully saturated rings. The molecule has 1 aromatic rings. The Kier molecular flexibility index (Phi) is 5.48. The summed E-state index contributed by atoms with van der Waals surface area (Å²) in [5, 5.41) is 3.83. The van der Waals surface area contributed by atoms with Gasteiger partial charge in [0, 0.05) is 31.2 Å². The predicted molar refractivity (Wildman–Crippen MR) is 85.5 cm³/mol. The third-order valence-corrected chi connectivity index (χ3v) is 3.85. The highest BCUT2D eigenvalue weighted by atomic mass is 35.5. The number of benzene rings is 1. The van der Waals surface area contributed by atoms with Gasteiger partial charge in [0.2, 0.25) is 0 Å². The van der Waals surface area contributed by atoms with Gasteiger partial charge in [-0.05, 0) is 30.5 Å². The van der Waals surface area contributed by atoms with Gasteiger partial charge in [-0.2, -0.15) is 0 Å². The molecule has 0 atom stereocenters. The van der Waals surface area contributed by atoms with Crippen LogP contribution in [0.2, 0.25) is 5.02 Å². The second-order valence-corrected chi connectivity index (χ2v) is 5.94. The van der Waals surface area contributed by atoms with Crippen LogP contribution in [0, 0.1) is 0 Å².